The van der Waals surface area contributed by atoms with E-state index in [-0.39, 0.29) is 31.2 Å². The molecule has 174 valence electrons. The van der Waals surface area contributed by atoms with Crippen LogP contribution >= 0.6 is 0 Å². The number of nitrogens with one attached hydrogen (secondary N) is 4. The third-order valence-corrected chi connectivity index (χ3v) is 6.81. The average Bonchev–Trinajstić information content (AvgIpc) is 3.45. The highest BCUT2D eigenvalue weighted by molar-refractivity contribution is 5.41. The number of pyridine rings is 1. The van der Waals surface area contributed by atoms with Gasteiger partial charge in [0.15, 0.2) is 0 Å². The number of hydrazine groups is 1. The molecule has 0 aromatic carbocycles. The van der Waals surface area contributed by atoms with E-state index in [1.54, 1.807) is 11.0 Å². The molecular weight excluding hydrogens is 421 g/mol. The molecule has 11 heteroatoms. The number of hydrogen-bond acceptors (Lipinski definition) is 7. The van der Waals surface area contributed by atoms with E-state index in [1.165, 1.54) is 5.56 Å². The quantitative estimate of drug-likeness (QED) is 0.562. The fourth-order valence-corrected chi connectivity index (χ4v) is 5.02. The zero-order chi connectivity index (χ0) is 22.3. The van der Waals surface area contributed by atoms with Gasteiger partial charge in [0.2, 0.25) is 0 Å². The number of aromatic nitrogens is 3. The summed E-state index contributed by atoms with van der Waals surface area (Å²) in [4.78, 5) is 6.52. The molecule has 0 aliphatic carbocycles. The summed E-state index contributed by atoms with van der Waals surface area (Å²) >= 11 is 0. The van der Waals surface area contributed by atoms with Crippen molar-refractivity contribution in [2.45, 2.75) is 50.2 Å². The van der Waals surface area contributed by atoms with Crippen molar-refractivity contribution < 1.29 is 13.2 Å². The predicted octanol–water partition coefficient (Wildman–Crippen LogP) is 1.51. The van der Waals surface area contributed by atoms with Crippen molar-refractivity contribution in [3.05, 3.63) is 41.9 Å². The molecule has 2 aromatic heterocycles. The molecule has 0 spiro atoms. The van der Waals surface area contributed by atoms with Gasteiger partial charge in [0, 0.05) is 62.5 Å². The summed E-state index contributed by atoms with van der Waals surface area (Å²) in [7, 11) is 0. The molecule has 3 fully saturated rings. The lowest BCUT2D eigenvalue weighted by atomic mass is 9.82. The van der Waals surface area contributed by atoms with E-state index < -0.39 is 12.2 Å². The van der Waals surface area contributed by atoms with Crippen molar-refractivity contribution in [2.24, 2.45) is 5.92 Å². The normalized spacial score (nSPS) is 31.0. The van der Waals surface area contributed by atoms with Gasteiger partial charge in [-0.05, 0) is 25.5 Å². The number of nitrogens with zero attached hydrogens (tertiary/aromatic N) is 4. The number of rotatable bonds is 4. The molecule has 3 aliphatic rings. The topological polar surface area (TPSA) is 82.1 Å². The van der Waals surface area contributed by atoms with Crippen molar-refractivity contribution in [1.82, 2.24) is 36.2 Å². The van der Waals surface area contributed by atoms with Crippen LogP contribution in [0.25, 0.3) is 0 Å². The lowest BCUT2D eigenvalue weighted by molar-refractivity contribution is -0.155. The van der Waals surface area contributed by atoms with Gasteiger partial charge in [-0.1, -0.05) is 6.07 Å². The molecule has 3 aliphatic heterocycles. The number of piperazine rings is 1. The van der Waals surface area contributed by atoms with Gasteiger partial charge in [0.1, 0.15) is 11.9 Å². The van der Waals surface area contributed by atoms with Crippen LogP contribution in [0.2, 0.25) is 0 Å². The number of halogens is 3. The highest BCUT2D eigenvalue weighted by atomic mass is 19.4. The second-order valence-electron chi connectivity index (χ2n) is 8.78. The lowest BCUT2D eigenvalue weighted by Gasteiger charge is -2.36. The molecule has 0 saturated carbocycles. The van der Waals surface area contributed by atoms with E-state index in [0.717, 1.165) is 25.2 Å². The molecule has 5 heterocycles. The van der Waals surface area contributed by atoms with Gasteiger partial charge >= 0.3 is 6.18 Å². The van der Waals surface area contributed by atoms with Gasteiger partial charge < -0.3 is 15.5 Å². The first-order valence-corrected chi connectivity index (χ1v) is 11.2. The predicted molar refractivity (Wildman–Crippen MR) is 114 cm³/mol. The Balaban J connectivity index is 1.32. The molecule has 8 nitrogen and oxygen atoms in total. The summed E-state index contributed by atoms with van der Waals surface area (Å²) in [5, 5.41) is 10.6. The number of fused-ring (bicyclic) bond motifs is 1. The Hall–Kier alpha value is -2.21. The maximum absolute atomic E-state index is 13.2. The SMILES string of the molecule is CCn1cc(C2CC3C(CN2)NNC3c2cccc(N3CCNC(C(F)(F)F)C3)n2)cn1. The Morgan fingerprint density at radius 3 is 2.84 bits per heavy atom. The Bertz CT molecular complexity index is 932. The van der Waals surface area contributed by atoms with E-state index >= 15 is 0 Å². The van der Waals surface area contributed by atoms with E-state index in [9.17, 15) is 13.2 Å². The van der Waals surface area contributed by atoms with Gasteiger partial charge in [-0.15, -0.1) is 0 Å². The number of anilines is 1. The molecule has 4 N–H and O–H groups in total. The van der Waals surface area contributed by atoms with Crippen LogP contribution in [-0.4, -0.2) is 59.2 Å². The van der Waals surface area contributed by atoms with Crippen LogP contribution in [0.3, 0.4) is 0 Å². The van der Waals surface area contributed by atoms with Crippen molar-refractivity contribution in [3.63, 3.8) is 0 Å². The van der Waals surface area contributed by atoms with Crippen LogP contribution in [-0.2, 0) is 6.54 Å². The molecular formula is C21H29F3N8. The second-order valence-corrected chi connectivity index (χ2v) is 8.78. The maximum Gasteiger partial charge on any atom is 0.405 e. The van der Waals surface area contributed by atoms with E-state index in [0.29, 0.717) is 18.3 Å². The van der Waals surface area contributed by atoms with E-state index in [2.05, 4.69) is 39.7 Å². The smallest absolute Gasteiger partial charge is 0.353 e. The average molecular weight is 451 g/mol. The lowest BCUT2D eigenvalue weighted by Crippen LogP contribution is -2.57. The number of piperidine rings is 1. The fourth-order valence-electron chi connectivity index (χ4n) is 5.02. The summed E-state index contributed by atoms with van der Waals surface area (Å²) in [5.41, 5.74) is 8.79. The summed E-state index contributed by atoms with van der Waals surface area (Å²) in [5.74, 6) is 0.901. The molecule has 5 unspecified atom stereocenters. The minimum atomic E-state index is -4.27. The van der Waals surface area contributed by atoms with Crippen molar-refractivity contribution in [1.29, 1.82) is 0 Å². The van der Waals surface area contributed by atoms with Crippen molar-refractivity contribution in [3.8, 4) is 0 Å². The van der Waals surface area contributed by atoms with Crippen LogP contribution in [0.15, 0.2) is 30.6 Å². The molecule has 32 heavy (non-hydrogen) atoms. The van der Waals surface area contributed by atoms with Crippen molar-refractivity contribution >= 4 is 5.82 Å². The monoisotopic (exact) mass is 450 g/mol. The van der Waals surface area contributed by atoms with Crippen LogP contribution in [0, 0.1) is 5.92 Å². The van der Waals surface area contributed by atoms with Crippen LogP contribution in [0.5, 0.6) is 0 Å². The third kappa shape index (κ3) is 4.21. The minimum Gasteiger partial charge on any atom is -0.353 e. The first-order valence-electron chi connectivity index (χ1n) is 11.2. The second kappa shape index (κ2) is 8.62. The summed E-state index contributed by atoms with van der Waals surface area (Å²) < 4.78 is 41.5. The highest BCUT2D eigenvalue weighted by Crippen LogP contribution is 2.38. The first-order chi connectivity index (χ1) is 15.4. The first kappa shape index (κ1) is 21.6. The molecule has 0 radical (unpaired) electrons. The van der Waals surface area contributed by atoms with Gasteiger partial charge in [-0.3, -0.25) is 10.1 Å². The Labute approximate surface area is 184 Å². The Morgan fingerprint density at radius 1 is 1.19 bits per heavy atom. The zero-order valence-electron chi connectivity index (χ0n) is 17.9. The number of alkyl halides is 3. The molecule has 3 saturated heterocycles. The van der Waals surface area contributed by atoms with Gasteiger partial charge in [-0.25, -0.2) is 10.4 Å². The van der Waals surface area contributed by atoms with Crippen LogP contribution < -0.4 is 26.4 Å². The Kier molecular flexibility index (Phi) is 5.82. The van der Waals surface area contributed by atoms with Gasteiger partial charge in [0.05, 0.1) is 17.9 Å². The third-order valence-electron chi connectivity index (χ3n) is 6.81. The molecule has 2 aromatic rings. The van der Waals surface area contributed by atoms with E-state index in [4.69, 9.17) is 4.98 Å². The van der Waals surface area contributed by atoms with Crippen LogP contribution in [0.4, 0.5) is 19.0 Å². The number of aryl methyl sites for hydroxylation is 1. The summed E-state index contributed by atoms with van der Waals surface area (Å²) in [6.45, 7) is 4.37. The van der Waals surface area contributed by atoms with Gasteiger partial charge in [0.25, 0.3) is 0 Å². The molecule has 0 amide bonds. The largest absolute Gasteiger partial charge is 0.405 e. The summed E-state index contributed by atoms with van der Waals surface area (Å²) in [6, 6.07) is 4.58. The van der Waals surface area contributed by atoms with Crippen LogP contribution in [0.1, 0.15) is 36.7 Å². The highest BCUT2D eigenvalue weighted by Gasteiger charge is 2.44. The zero-order valence-corrected chi connectivity index (χ0v) is 17.9. The minimum absolute atomic E-state index is 0.00732. The molecule has 0 bridgehead atoms. The summed E-state index contributed by atoms with van der Waals surface area (Å²) in [6.07, 6.45) is 0.659. The fraction of sp³-hybridized carbons (Fsp3) is 0.619. The van der Waals surface area contributed by atoms with Crippen molar-refractivity contribution in [2.75, 3.05) is 31.1 Å². The maximum atomic E-state index is 13.2. The van der Waals surface area contributed by atoms with E-state index in [1.807, 2.05) is 23.0 Å². The molecule has 5 atom stereocenters. The molecule has 5 rings (SSSR count). The number of hydrogen-bond donors (Lipinski definition) is 4. The standard InChI is InChI=1S/C21H29F3N8/c1-2-32-11-13(9-27-32)16-8-14-17(10-26-16)29-30-20(14)15-4-3-5-19(28-15)31-7-6-25-18(12-31)21(22,23)24/h3-5,9,11,14,16-18,20,25-26,29-30H,2,6-8,10,12H2,1H3. The van der Waals surface area contributed by atoms with Gasteiger partial charge in [-0.2, -0.15) is 18.3 Å². The Morgan fingerprint density at radius 2 is 2.06 bits per heavy atom.